The molecule has 3 rings (SSSR count). The Bertz CT molecular complexity index is 1010. The molecule has 0 amide bonds. The molecule has 26 heavy (non-hydrogen) atoms. The summed E-state index contributed by atoms with van der Waals surface area (Å²) in [5.74, 6) is -2.38. The molecule has 0 aliphatic heterocycles. The summed E-state index contributed by atoms with van der Waals surface area (Å²) in [6.45, 7) is 3.11. The van der Waals surface area contributed by atoms with Crippen LogP contribution in [0, 0.1) is 0 Å². The van der Waals surface area contributed by atoms with Gasteiger partial charge in [0.2, 0.25) is 5.78 Å². The molecule has 0 bridgehead atoms. The van der Waals surface area contributed by atoms with Crippen LogP contribution in [0.2, 0.25) is 5.02 Å². The number of carboxylic acids is 1. The van der Waals surface area contributed by atoms with Crippen LogP contribution in [-0.4, -0.2) is 31.9 Å². The molecule has 0 spiro atoms. The fourth-order valence-electron chi connectivity index (χ4n) is 2.90. The standard InChI is InChI=1S/C19H17ClN2O4/c1-9(19(25)26)16-13-4-3-12(20)8-14(13)22-17(16)18(24)15-7-11(10(2)23)5-6-21-15/h3-10,22-23H,1-2H3,(H,25,26). The average Bonchev–Trinajstić information content (AvgIpc) is 2.98. The minimum absolute atomic E-state index is 0.125. The van der Waals surface area contributed by atoms with Crippen LogP contribution < -0.4 is 0 Å². The molecule has 134 valence electrons. The van der Waals surface area contributed by atoms with Gasteiger partial charge in [0, 0.05) is 27.7 Å². The van der Waals surface area contributed by atoms with Crippen LogP contribution in [0.5, 0.6) is 0 Å². The fourth-order valence-corrected chi connectivity index (χ4v) is 3.07. The lowest BCUT2D eigenvalue weighted by Crippen LogP contribution is -2.14. The number of rotatable bonds is 5. The number of nitrogens with one attached hydrogen (secondary N) is 1. The summed E-state index contributed by atoms with van der Waals surface area (Å²) < 4.78 is 0. The molecular formula is C19H17ClN2O4. The monoisotopic (exact) mass is 372 g/mol. The van der Waals surface area contributed by atoms with E-state index < -0.39 is 23.8 Å². The third-order valence-corrected chi connectivity index (χ3v) is 4.57. The number of aliphatic carboxylic acids is 1. The molecule has 2 heterocycles. The zero-order valence-corrected chi connectivity index (χ0v) is 14.9. The van der Waals surface area contributed by atoms with Crippen LogP contribution in [-0.2, 0) is 4.79 Å². The summed E-state index contributed by atoms with van der Waals surface area (Å²) >= 11 is 6.01. The molecule has 3 N–H and O–H groups in total. The predicted octanol–water partition coefficient (Wildman–Crippen LogP) is 3.69. The van der Waals surface area contributed by atoms with Gasteiger partial charge in [-0.3, -0.25) is 14.6 Å². The van der Waals surface area contributed by atoms with E-state index in [1.807, 2.05) is 0 Å². The number of H-pyrrole nitrogens is 1. The first-order chi connectivity index (χ1) is 12.3. The van der Waals surface area contributed by atoms with E-state index in [1.165, 1.54) is 19.2 Å². The Labute approximate surface area is 154 Å². The number of carboxylic acid groups (broad SMARTS) is 1. The molecule has 0 fully saturated rings. The molecule has 6 nitrogen and oxygen atoms in total. The topological polar surface area (TPSA) is 103 Å². The van der Waals surface area contributed by atoms with Crippen molar-refractivity contribution in [3.63, 3.8) is 0 Å². The number of fused-ring (bicyclic) bond motifs is 1. The molecule has 0 radical (unpaired) electrons. The molecule has 2 aromatic heterocycles. The zero-order chi connectivity index (χ0) is 19.0. The summed E-state index contributed by atoms with van der Waals surface area (Å²) in [6.07, 6.45) is 0.693. The summed E-state index contributed by atoms with van der Waals surface area (Å²) in [5.41, 5.74) is 1.80. The maximum Gasteiger partial charge on any atom is 0.310 e. The van der Waals surface area contributed by atoms with E-state index >= 15 is 0 Å². The number of aromatic amines is 1. The van der Waals surface area contributed by atoms with Gasteiger partial charge in [-0.15, -0.1) is 0 Å². The van der Waals surface area contributed by atoms with E-state index in [1.54, 1.807) is 31.2 Å². The molecule has 0 saturated heterocycles. The van der Waals surface area contributed by atoms with Gasteiger partial charge in [0.15, 0.2) is 0 Å². The maximum absolute atomic E-state index is 13.0. The third kappa shape index (κ3) is 3.21. The van der Waals surface area contributed by atoms with Gasteiger partial charge >= 0.3 is 5.97 Å². The van der Waals surface area contributed by atoms with Gasteiger partial charge in [-0.1, -0.05) is 17.7 Å². The molecular weight excluding hydrogens is 356 g/mol. The number of halogens is 1. The summed E-state index contributed by atoms with van der Waals surface area (Å²) in [6, 6.07) is 8.11. The third-order valence-electron chi connectivity index (χ3n) is 4.33. The highest BCUT2D eigenvalue weighted by molar-refractivity contribution is 6.31. The number of nitrogens with zero attached hydrogens (tertiary/aromatic N) is 1. The molecule has 0 aliphatic rings. The zero-order valence-electron chi connectivity index (χ0n) is 14.2. The van der Waals surface area contributed by atoms with Gasteiger partial charge < -0.3 is 15.2 Å². The largest absolute Gasteiger partial charge is 0.481 e. The molecule has 0 saturated carbocycles. The summed E-state index contributed by atoms with van der Waals surface area (Å²) in [5, 5.41) is 20.3. The van der Waals surface area contributed by atoms with E-state index in [9.17, 15) is 19.8 Å². The Morgan fingerprint density at radius 2 is 1.92 bits per heavy atom. The minimum Gasteiger partial charge on any atom is -0.481 e. The predicted molar refractivity (Wildman–Crippen MR) is 97.7 cm³/mol. The molecule has 0 aliphatic carbocycles. The fraction of sp³-hybridized carbons (Fsp3) is 0.211. The smallest absolute Gasteiger partial charge is 0.310 e. The van der Waals surface area contributed by atoms with Crippen molar-refractivity contribution in [1.29, 1.82) is 0 Å². The van der Waals surface area contributed by atoms with Gasteiger partial charge in [0.05, 0.1) is 17.7 Å². The van der Waals surface area contributed by atoms with Crippen molar-refractivity contribution in [3.8, 4) is 0 Å². The number of hydrogen-bond donors (Lipinski definition) is 3. The summed E-state index contributed by atoms with van der Waals surface area (Å²) in [4.78, 5) is 31.7. The normalized spacial score (nSPS) is 13.5. The van der Waals surface area contributed by atoms with Crippen LogP contribution in [0.15, 0.2) is 36.5 Å². The Balaban J connectivity index is 2.20. The average molecular weight is 373 g/mol. The number of aromatic nitrogens is 2. The van der Waals surface area contributed by atoms with E-state index in [2.05, 4.69) is 9.97 Å². The Morgan fingerprint density at radius 1 is 1.19 bits per heavy atom. The van der Waals surface area contributed by atoms with Crippen molar-refractivity contribution in [2.24, 2.45) is 0 Å². The SMILES string of the molecule is CC(O)c1ccnc(C(=O)c2[nH]c3cc(Cl)ccc3c2C(C)C(=O)O)c1. The Morgan fingerprint density at radius 3 is 2.58 bits per heavy atom. The number of ketones is 1. The van der Waals surface area contributed by atoms with E-state index in [0.717, 1.165) is 0 Å². The van der Waals surface area contributed by atoms with Crippen LogP contribution in [0.1, 0.15) is 53.2 Å². The van der Waals surface area contributed by atoms with Gasteiger partial charge in [0.1, 0.15) is 5.69 Å². The second-order valence-electron chi connectivity index (χ2n) is 6.14. The number of carbonyl (C=O) groups excluding carboxylic acids is 1. The molecule has 2 atom stereocenters. The summed E-state index contributed by atoms with van der Waals surface area (Å²) in [7, 11) is 0. The van der Waals surface area contributed by atoms with Crippen molar-refractivity contribution in [3.05, 3.63) is 64.1 Å². The lowest BCUT2D eigenvalue weighted by atomic mass is 9.95. The molecule has 3 aromatic rings. The van der Waals surface area contributed by atoms with Crippen molar-refractivity contribution < 1.29 is 19.8 Å². The Hall–Kier alpha value is -2.70. The van der Waals surface area contributed by atoms with E-state index in [4.69, 9.17) is 11.6 Å². The number of hydrogen-bond acceptors (Lipinski definition) is 4. The van der Waals surface area contributed by atoms with Crippen LogP contribution in [0.3, 0.4) is 0 Å². The first-order valence-electron chi connectivity index (χ1n) is 8.02. The number of benzene rings is 1. The van der Waals surface area contributed by atoms with Crippen molar-refractivity contribution >= 4 is 34.3 Å². The van der Waals surface area contributed by atoms with Gasteiger partial charge in [0.25, 0.3) is 0 Å². The van der Waals surface area contributed by atoms with Crippen LogP contribution >= 0.6 is 11.6 Å². The molecule has 7 heteroatoms. The first kappa shape index (κ1) is 18.1. The second-order valence-corrected chi connectivity index (χ2v) is 6.58. The highest BCUT2D eigenvalue weighted by Gasteiger charge is 2.27. The number of pyridine rings is 1. The van der Waals surface area contributed by atoms with E-state index in [-0.39, 0.29) is 11.4 Å². The second kappa shape index (κ2) is 6.90. The Kier molecular flexibility index (Phi) is 4.80. The van der Waals surface area contributed by atoms with E-state index in [0.29, 0.717) is 27.1 Å². The minimum atomic E-state index is -1.04. The van der Waals surface area contributed by atoms with Gasteiger partial charge in [-0.05, 0) is 43.7 Å². The first-order valence-corrected chi connectivity index (χ1v) is 8.40. The quantitative estimate of drug-likeness (QED) is 0.592. The lowest BCUT2D eigenvalue weighted by molar-refractivity contribution is -0.138. The van der Waals surface area contributed by atoms with Crippen molar-refractivity contribution in [2.45, 2.75) is 25.9 Å². The van der Waals surface area contributed by atoms with Crippen LogP contribution in [0.4, 0.5) is 0 Å². The number of aliphatic hydroxyl groups is 1. The molecule has 1 aromatic carbocycles. The van der Waals surface area contributed by atoms with Crippen LogP contribution in [0.25, 0.3) is 10.9 Å². The number of carbonyl (C=O) groups is 2. The van der Waals surface area contributed by atoms with Gasteiger partial charge in [-0.25, -0.2) is 0 Å². The lowest BCUT2D eigenvalue weighted by Gasteiger charge is -2.10. The van der Waals surface area contributed by atoms with Gasteiger partial charge in [-0.2, -0.15) is 0 Å². The highest BCUT2D eigenvalue weighted by Crippen LogP contribution is 2.32. The van der Waals surface area contributed by atoms with Crippen molar-refractivity contribution in [1.82, 2.24) is 9.97 Å². The number of aliphatic hydroxyl groups excluding tert-OH is 1. The van der Waals surface area contributed by atoms with Crippen molar-refractivity contribution in [2.75, 3.05) is 0 Å². The molecule has 2 unspecified atom stereocenters. The maximum atomic E-state index is 13.0. The highest BCUT2D eigenvalue weighted by atomic mass is 35.5.